The first-order chi connectivity index (χ1) is 14.4. The van der Waals surface area contributed by atoms with Crippen molar-refractivity contribution in [2.24, 2.45) is 0 Å². The molecule has 1 amide bonds. The van der Waals surface area contributed by atoms with Gasteiger partial charge in [0.2, 0.25) is 0 Å². The third kappa shape index (κ3) is 4.14. The minimum absolute atomic E-state index is 0.172. The molecule has 0 fully saturated rings. The van der Waals surface area contributed by atoms with E-state index in [2.05, 4.69) is 5.32 Å². The molecule has 0 saturated heterocycles. The van der Waals surface area contributed by atoms with Crippen LogP contribution in [0.3, 0.4) is 0 Å². The molecule has 30 heavy (non-hydrogen) atoms. The van der Waals surface area contributed by atoms with Crippen LogP contribution in [0.5, 0.6) is 0 Å². The summed E-state index contributed by atoms with van der Waals surface area (Å²) in [5.41, 5.74) is 6.55. The smallest absolute Gasteiger partial charge is 0.256 e. The normalized spacial score (nSPS) is 10.8. The van der Waals surface area contributed by atoms with Crippen LogP contribution in [0.25, 0.3) is 16.9 Å². The number of carbonyl (C=O) groups excluding carboxylic acids is 1. The fourth-order valence-corrected chi connectivity index (χ4v) is 3.31. The van der Waals surface area contributed by atoms with Crippen LogP contribution >= 0.6 is 11.6 Å². The summed E-state index contributed by atoms with van der Waals surface area (Å²) in [6.45, 7) is 6.07. The minimum atomic E-state index is -0.172. The highest BCUT2D eigenvalue weighted by molar-refractivity contribution is 6.30. The molecule has 4 rings (SSSR count). The lowest BCUT2D eigenvalue weighted by atomic mass is 10.1. The van der Waals surface area contributed by atoms with Crippen LogP contribution in [0.4, 0.5) is 5.82 Å². The van der Waals surface area contributed by atoms with E-state index in [1.54, 1.807) is 4.68 Å². The fraction of sp³-hybridized carbons (Fsp3) is 0.120. The van der Waals surface area contributed by atoms with Gasteiger partial charge in [-0.05, 0) is 68.3 Å². The Morgan fingerprint density at radius 3 is 2.23 bits per heavy atom. The van der Waals surface area contributed by atoms with Gasteiger partial charge in [0, 0.05) is 22.2 Å². The Morgan fingerprint density at radius 2 is 1.57 bits per heavy atom. The van der Waals surface area contributed by atoms with Crippen molar-refractivity contribution in [3.63, 3.8) is 0 Å². The second-order valence-corrected chi connectivity index (χ2v) is 7.86. The summed E-state index contributed by atoms with van der Waals surface area (Å²) in [4.78, 5) is 12.9. The van der Waals surface area contributed by atoms with Crippen LogP contribution < -0.4 is 5.32 Å². The Labute approximate surface area is 181 Å². The SMILES string of the molecule is Cc1ccc(-n2nc(-c3ccc(Cl)cc3)cc2NC(=O)c2ccc(C)c(C)c2)cc1. The lowest BCUT2D eigenvalue weighted by molar-refractivity contribution is 0.102. The molecule has 1 N–H and O–H groups in total. The van der Waals surface area contributed by atoms with Gasteiger partial charge in [0.05, 0.1) is 11.4 Å². The number of halogens is 1. The van der Waals surface area contributed by atoms with Crippen molar-refractivity contribution in [3.05, 3.63) is 100 Å². The van der Waals surface area contributed by atoms with Gasteiger partial charge in [0.1, 0.15) is 5.82 Å². The number of anilines is 1. The molecule has 4 aromatic rings. The average molecular weight is 416 g/mol. The zero-order valence-corrected chi connectivity index (χ0v) is 17.9. The lowest BCUT2D eigenvalue weighted by Crippen LogP contribution is -2.15. The van der Waals surface area contributed by atoms with E-state index in [9.17, 15) is 4.79 Å². The standard InChI is InChI=1S/C25H22ClN3O/c1-16-4-12-22(13-5-16)29-24(15-23(28-29)19-8-10-21(26)11-9-19)27-25(30)20-7-6-17(2)18(3)14-20/h4-15H,1-3H3,(H,27,30). The predicted octanol–water partition coefficient (Wildman–Crippen LogP) is 6.37. The monoisotopic (exact) mass is 415 g/mol. The maximum Gasteiger partial charge on any atom is 0.256 e. The summed E-state index contributed by atoms with van der Waals surface area (Å²) < 4.78 is 1.75. The number of aromatic nitrogens is 2. The number of hydrogen-bond donors (Lipinski definition) is 1. The second kappa shape index (κ2) is 8.17. The maximum absolute atomic E-state index is 12.9. The lowest BCUT2D eigenvalue weighted by Gasteiger charge is -2.10. The fourth-order valence-electron chi connectivity index (χ4n) is 3.19. The molecule has 0 unspecified atom stereocenters. The molecule has 150 valence electrons. The van der Waals surface area contributed by atoms with Gasteiger partial charge in [-0.25, -0.2) is 4.68 Å². The molecule has 1 heterocycles. The van der Waals surface area contributed by atoms with Gasteiger partial charge in [0.15, 0.2) is 0 Å². The van der Waals surface area contributed by atoms with Crippen molar-refractivity contribution in [2.45, 2.75) is 20.8 Å². The largest absolute Gasteiger partial charge is 0.306 e. The van der Waals surface area contributed by atoms with E-state index >= 15 is 0 Å². The van der Waals surface area contributed by atoms with Crippen LogP contribution in [-0.2, 0) is 0 Å². The number of nitrogens with zero attached hydrogens (tertiary/aromatic N) is 2. The van der Waals surface area contributed by atoms with Crippen molar-refractivity contribution < 1.29 is 4.79 Å². The van der Waals surface area contributed by atoms with Crippen LogP contribution in [-0.4, -0.2) is 15.7 Å². The third-order valence-corrected chi connectivity index (χ3v) is 5.39. The highest BCUT2D eigenvalue weighted by atomic mass is 35.5. The molecule has 0 spiro atoms. The highest BCUT2D eigenvalue weighted by Gasteiger charge is 2.15. The quantitative estimate of drug-likeness (QED) is 0.421. The first kappa shape index (κ1) is 19.9. The molecule has 4 nitrogen and oxygen atoms in total. The summed E-state index contributed by atoms with van der Waals surface area (Å²) in [6.07, 6.45) is 0. The predicted molar refractivity (Wildman–Crippen MR) is 123 cm³/mol. The van der Waals surface area contributed by atoms with E-state index in [0.717, 1.165) is 33.6 Å². The molecule has 3 aromatic carbocycles. The third-order valence-electron chi connectivity index (χ3n) is 5.14. The zero-order chi connectivity index (χ0) is 21.3. The van der Waals surface area contributed by atoms with Gasteiger partial charge in [-0.1, -0.05) is 47.5 Å². The molecule has 0 saturated carbocycles. The number of carbonyl (C=O) groups is 1. The van der Waals surface area contributed by atoms with Crippen molar-refractivity contribution in [3.8, 4) is 16.9 Å². The maximum atomic E-state index is 12.9. The zero-order valence-electron chi connectivity index (χ0n) is 17.1. The van der Waals surface area contributed by atoms with E-state index in [1.807, 2.05) is 93.6 Å². The Bertz CT molecular complexity index is 1210. The number of rotatable bonds is 4. The average Bonchev–Trinajstić information content (AvgIpc) is 3.14. The minimum Gasteiger partial charge on any atom is -0.306 e. The van der Waals surface area contributed by atoms with E-state index in [4.69, 9.17) is 16.7 Å². The molecular weight excluding hydrogens is 394 g/mol. The summed E-state index contributed by atoms with van der Waals surface area (Å²) in [5.74, 6) is 0.432. The Kier molecular flexibility index (Phi) is 5.42. The summed E-state index contributed by atoms with van der Waals surface area (Å²) in [7, 11) is 0. The van der Waals surface area contributed by atoms with Gasteiger partial charge in [-0.2, -0.15) is 5.10 Å². The molecule has 5 heteroatoms. The molecule has 0 atom stereocenters. The molecule has 1 aromatic heterocycles. The summed E-state index contributed by atoms with van der Waals surface area (Å²) >= 11 is 6.02. The molecule has 0 radical (unpaired) electrons. The molecule has 0 aliphatic carbocycles. The van der Waals surface area contributed by atoms with Crippen LogP contribution in [0.1, 0.15) is 27.0 Å². The van der Waals surface area contributed by atoms with Crippen molar-refractivity contribution in [2.75, 3.05) is 5.32 Å². The van der Waals surface area contributed by atoms with Crippen molar-refractivity contribution in [1.29, 1.82) is 0 Å². The number of hydrogen-bond acceptors (Lipinski definition) is 2. The van der Waals surface area contributed by atoms with Gasteiger partial charge < -0.3 is 5.32 Å². The van der Waals surface area contributed by atoms with Crippen molar-refractivity contribution >= 4 is 23.3 Å². The first-order valence-corrected chi connectivity index (χ1v) is 10.1. The topological polar surface area (TPSA) is 46.9 Å². The second-order valence-electron chi connectivity index (χ2n) is 7.42. The summed E-state index contributed by atoms with van der Waals surface area (Å²) in [5, 5.41) is 8.44. The van der Waals surface area contributed by atoms with Gasteiger partial charge in [-0.3, -0.25) is 4.79 Å². The van der Waals surface area contributed by atoms with E-state index in [0.29, 0.717) is 16.4 Å². The molecular formula is C25H22ClN3O. The number of aryl methyl sites for hydroxylation is 3. The van der Waals surface area contributed by atoms with Crippen LogP contribution in [0.2, 0.25) is 5.02 Å². The van der Waals surface area contributed by atoms with Crippen LogP contribution in [0, 0.1) is 20.8 Å². The van der Waals surface area contributed by atoms with Crippen molar-refractivity contribution in [1.82, 2.24) is 9.78 Å². The molecule has 0 bridgehead atoms. The number of amides is 1. The van der Waals surface area contributed by atoms with Gasteiger partial charge in [0.25, 0.3) is 5.91 Å². The van der Waals surface area contributed by atoms with Gasteiger partial charge >= 0.3 is 0 Å². The first-order valence-electron chi connectivity index (χ1n) is 9.72. The summed E-state index contributed by atoms with van der Waals surface area (Å²) in [6, 6.07) is 23.1. The highest BCUT2D eigenvalue weighted by Crippen LogP contribution is 2.26. The van der Waals surface area contributed by atoms with E-state index in [-0.39, 0.29) is 5.91 Å². The Hall–Kier alpha value is -3.37. The Morgan fingerprint density at radius 1 is 0.867 bits per heavy atom. The number of benzene rings is 3. The molecule has 0 aliphatic heterocycles. The number of nitrogens with one attached hydrogen (secondary N) is 1. The van der Waals surface area contributed by atoms with E-state index < -0.39 is 0 Å². The Balaban J connectivity index is 1.74. The molecule has 0 aliphatic rings. The van der Waals surface area contributed by atoms with E-state index in [1.165, 1.54) is 0 Å². The van der Waals surface area contributed by atoms with Gasteiger partial charge in [-0.15, -0.1) is 0 Å². The van der Waals surface area contributed by atoms with Crippen LogP contribution in [0.15, 0.2) is 72.8 Å².